The molecule has 0 spiro atoms. The number of aromatic nitrogens is 2. The standard InChI is InChI=1S/C16H17N3O3/c1-18-9-12(8-17-18)13-3-2-6-19(13)16(20)11-4-5-14-15(7-11)22-10-21-14/h4-5,7-9,13H,2-3,6,10H2,1H3/t13-/m0/s1. The number of aryl methyl sites for hydroxylation is 1. The van der Waals surface area contributed by atoms with Crippen LogP contribution < -0.4 is 9.47 Å². The fraction of sp³-hybridized carbons (Fsp3) is 0.375. The summed E-state index contributed by atoms with van der Waals surface area (Å²) < 4.78 is 12.4. The van der Waals surface area contributed by atoms with Crippen LogP contribution in [0.2, 0.25) is 0 Å². The van der Waals surface area contributed by atoms with E-state index in [1.807, 2.05) is 24.3 Å². The molecule has 22 heavy (non-hydrogen) atoms. The first-order valence-electron chi connectivity index (χ1n) is 7.41. The van der Waals surface area contributed by atoms with E-state index in [0.717, 1.165) is 24.9 Å². The summed E-state index contributed by atoms with van der Waals surface area (Å²) in [5.74, 6) is 1.37. The molecule has 0 bridgehead atoms. The van der Waals surface area contributed by atoms with Crippen molar-refractivity contribution < 1.29 is 14.3 Å². The van der Waals surface area contributed by atoms with Crippen molar-refractivity contribution in [3.63, 3.8) is 0 Å². The van der Waals surface area contributed by atoms with Gasteiger partial charge in [-0.2, -0.15) is 5.10 Å². The molecule has 2 aromatic rings. The normalized spacial score (nSPS) is 19.7. The smallest absolute Gasteiger partial charge is 0.254 e. The second-order valence-electron chi connectivity index (χ2n) is 5.67. The van der Waals surface area contributed by atoms with E-state index in [2.05, 4.69) is 5.10 Å². The third-order valence-electron chi connectivity index (χ3n) is 4.24. The highest BCUT2D eigenvalue weighted by atomic mass is 16.7. The Bertz CT molecular complexity index is 725. The number of benzene rings is 1. The van der Waals surface area contributed by atoms with E-state index in [9.17, 15) is 4.79 Å². The van der Waals surface area contributed by atoms with E-state index in [4.69, 9.17) is 9.47 Å². The maximum absolute atomic E-state index is 12.8. The molecule has 0 N–H and O–H groups in total. The fourth-order valence-corrected chi connectivity index (χ4v) is 3.16. The summed E-state index contributed by atoms with van der Waals surface area (Å²) in [4.78, 5) is 14.8. The number of hydrogen-bond donors (Lipinski definition) is 0. The van der Waals surface area contributed by atoms with Gasteiger partial charge in [0, 0.05) is 30.9 Å². The number of rotatable bonds is 2. The minimum absolute atomic E-state index is 0.0321. The zero-order valence-electron chi connectivity index (χ0n) is 12.4. The van der Waals surface area contributed by atoms with E-state index in [1.165, 1.54) is 0 Å². The number of fused-ring (bicyclic) bond motifs is 1. The second-order valence-corrected chi connectivity index (χ2v) is 5.67. The molecule has 3 heterocycles. The number of nitrogens with zero attached hydrogens (tertiary/aromatic N) is 3. The molecule has 1 amide bonds. The highest BCUT2D eigenvalue weighted by molar-refractivity contribution is 5.95. The summed E-state index contributed by atoms with van der Waals surface area (Å²) in [6.45, 7) is 0.988. The molecule has 4 rings (SSSR count). The molecule has 1 aromatic heterocycles. The van der Waals surface area contributed by atoms with Gasteiger partial charge in [-0.3, -0.25) is 9.48 Å². The van der Waals surface area contributed by atoms with Crippen molar-refractivity contribution in [2.24, 2.45) is 7.05 Å². The molecule has 1 fully saturated rings. The van der Waals surface area contributed by atoms with Crippen LogP contribution in [0, 0.1) is 0 Å². The maximum Gasteiger partial charge on any atom is 0.254 e. The zero-order chi connectivity index (χ0) is 15.1. The monoisotopic (exact) mass is 299 g/mol. The third kappa shape index (κ3) is 2.11. The van der Waals surface area contributed by atoms with Crippen molar-refractivity contribution in [3.05, 3.63) is 41.7 Å². The van der Waals surface area contributed by atoms with Gasteiger partial charge in [-0.1, -0.05) is 0 Å². The fourth-order valence-electron chi connectivity index (χ4n) is 3.16. The first kappa shape index (κ1) is 13.2. The number of carbonyl (C=O) groups is 1. The number of amides is 1. The van der Waals surface area contributed by atoms with Crippen molar-refractivity contribution in [1.82, 2.24) is 14.7 Å². The van der Waals surface area contributed by atoms with Gasteiger partial charge in [0.2, 0.25) is 6.79 Å². The van der Waals surface area contributed by atoms with Gasteiger partial charge in [-0.05, 0) is 31.0 Å². The van der Waals surface area contributed by atoms with Gasteiger partial charge in [-0.15, -0.1) is 0 Å². The first-order chi connectivity index (χ1) is 10.7. The Balaban J connectivity index is 1.61. The van der Waals surface area contributed by atoms with Crippen LogP contribution in [0.1, 0.15) is 34.8 Å². The van der Waals surface area contributed by atoms with Gasteiger partial charge in [0.15, 0.2) is 11.5 Å². The van der Waals surface area contributed by atoms with Crippen molar-refractivity contribution in [2.45, 2.75) is 18.9 Å². The van der Waals surface area contributed by atoms with Crippen LogP contribution in [0.3, 0.4) is 0 Å². The number of likely N-dealkylation sites (tertiary alicyclic amines) is 1. The summed E-state index contributed by atoms with van der Waals surface area (Å²) in [7, 11) is 1.89. The largest absolute Gasteiger partial charge is 0.454 e. The average Bonchev–Trinajstić information content (AvgIpc) is 3.25. The highest BCUT2D eigenvalue weighted by Crippen LogP contribution is 2.36. The molecule has 0 aliphatic carbocycles. The van der Waals surface area contributed by atoms with Crippen molar-refractivity contribution >= 4 is 5.91 Å². The topological polar surface area (TPSA) is 56.6 Å². The van der Waals surface area contributed by atoms with Crippen molar-refractivity contribution in [1.29, 1.82) is 0 Å². The van der Waals surface area contributed by atoms with Crippen LogP contribution in [0.15, 0.2) is 30.6 Å². The Kier molecular flexibility index (Phi) is 3.03. The SMILES string of the molecule is Cn1cc([C@@H]2CCCN2C(=O)c2ccc3c(c2)OCO3)cn1. The Hall–Kier alpha value is -2.50. The van der Waals surface area contributed by atoms with Crippen molar-refractivity contribution in [3.8, 4) is 11.5 Å². The number of hydrogen-bond acceptors (Lipinski definition) is 4. The van der Waals surface area contributed by atoms with E-state index < -0.39 is 0 Å². The quantitative estimate of drug-likeness (QED) is 0.852. The lowest BCUT2D eigenvalue weighted by atomic mass is 10.1. The molecule has 2 aliphatic rings. The van der Waals surface area contributed by atoms with Crippen molar-refractivity contribution in [2.75, 3.05) is 13.3 Å². The zero-order valence-corrected chi connectivity index (χ0v) is 12.4. The molecular formula is C16H17N3O3. The predicted octanol–water partition coefficient (Wildman–Crippen LogP) is 2.13. The molecule has 6 nitrogen and oxygen atoms in total. The molecule has 2 aliphatic heterocycles. The van der Waals surface area contributed by atoms with Gasteiger partial charge in [0.05, 0.1) is 12.2 Å². The maximum atomic E-state index is 12.8. The lowest BCUT2D eigenvalue weighted by molar-refractivity contribution is 0.0735. The van der Waals surface area contributed by atoms with Crippen LogP contribution in [0.25, 0.3) is 0 Å². The van der Waals surface area contributed by atoms with E-state index >= 15 is 0 Å². The van der Waals surface area contributed by atoms with E-state index in [0.29, 0.717) is 17.1 Å². The van der Waals surface area contributed by atoms with Gasteiger partial charge >= 0.3 is 0 Å². The lowest BCUT2D eigenvalue weighted by Crippen LogP contribution is -2.30. The summed E-state index contributed by atoms with van der Waals surface area (Å²) in [5.41, 5.74) is 1.73. The molecule has 114 valence electrons. The number of ether oxygens (including phenoxy) is 2. The third-order valence-corrected chi connectivity index (χ3v) is 4.24. The van der Waals surface area contributed by atoms with Gasteiger partial charge in [0.25, 0.3) is 5.91 Å². The summed E-state index contributed by atoms with van der Waals surface area (Å²) in [6.07, 6.45) is 5.81. The van der Waals surface area contributed by atoms with Crippen LogP contribution in [0.4, 0.5) is 0 Å². The van der Waals surface area contributed by atoms with E-state index in [-0.39, 0.29) is 18.7 Å². The Labute approximate surface area is 128 Å². The molecular weight excluding hydrogens is 282 g/mol. The molecule has 1 aromatic carbocycles. The van der Waals surface area contributed by atoms with Crippen LogP contribution >= 0.6 is 0 Å². The van der Waals surface area contributed by atoms with Crippen LogP contribution in [0.5, 0.6) is 11.5 Å². The molecule has 1 saturated heterocycles. The predicted molar refractivity (Wildman–Crippen MR) is 78.8 cm³/mol. The minimum atomic E-state index is 0.0321. The average molecular weight is 299 g/mol. The van der Waals surface area contributed by atoms with Crippen LogP contribution in [-0.4, -0.2) is 33.9 Å². The van der Waals surface area contributed by atoms with E-state index in [1.54, 1.807) is 22.9 Å². The Morgan fingerprint density at radius 2 is 2.18 bits per heavy atom. The summed E-state index contributed by atoms with van der Waals surface area (Å²) in [5, 5.41) is 4.22. The number of carbonyl (C=O) groups excluding carboxylic acids is 1. The summed E-state index contributed by atoms with van der Waals surface area (Å²) >= 11 is 0. The summed E-state index contributed by atoms with van der Waals surface area (Å²) in [6, 6.07) is 5.47. The molecule has 0 saturated carbocycles. The Morgan fingerprint density at radius 3 is 3.00 bits per heavy atom. The van der Waals surface area contributed by atoms with Gasteiger partial charge in [0.1, 0.15) is 0 Å². The van der Waals surface area contributed by atoms with Gasteiger partial charge < -0.3 is 14.4 Å². The lowest BCUT2D eigenvalue weighted by Gasteiger charge is -2.24. The van der Waals surface area contributed by atoms with Crippen LogP contribution in [-0.2, 0) is 7.05 Å². The first-order valence-corrected chi connectivity index (χ1v) is 7.41. The molecule has 6 heteroatoms. The second kappa shape index (κ2) is 5.05. The molecule has 0 radical (unpaired) electrons. The van der Waals surface area contributed by atoms with Gasteiger partial charge in [-0.25, -0.2) is 0 Å². The Morgan fingerprint density at radius 1 is 1.32 bits per heavy atom. The molecule has 1 atom stereocenters. The molecule has 0 unspecified atom stereocenters. The minimum Gasteiger partial charge on any atom is -0.454 e. The highest BCUT2D eigenvalue weighted by Gasteiger charge is 2.32.